The number of hydrogen-bond acceptors (Lipinski definition) is 4. The Bertz CT molecular complexity index is 5600. The lowest BCUT2D eigenvalue weighted by molar-refractivity contribution is 0.961. The molecule has 0 spiro atoms. The second-order valence-corrected chi connectivity index (χ2v) is 22.9. The monoisotopic (exact) mass is 1150 g/mol. The van der Waals surface area contributed by atoms with Crippen LogP contribution in [0, 0.1) is 0 Å². The van der Waals surface area contributed by atoms with Crippen molar-refractivity contribution in [2.24, 2.45) is 0 Å². The minimum atomic E-state index is 0.764. The molecule has 18 aromatic rings. The molecule has 0 N–H and O–H groups in total. The number of pyridine rings is 2. The molecule has 8 nitrogen and oxygen atoms in total. The van der Waals surface area contributed by atoms with Crippen molar-refractivity contribution in [2.75, 3.05) is 9.80 Å². The third-order valence-corrected chi connectivity index (χ3v) is 18.0. The molecular weight excluding hydrogens is 1100 g/mol. The van der Waals surface area contributed by atoms with Crippen molar-refractivity contribution in [3.63, 3.8) is 0 Å². The smallest absolute Gasteiger partial charge is 0.165 e. The van der Waals surface area contributed by atoms with Crippen LogP contribution in [-0.2, 0) is 0 Å². The molecule has 0 aliphatic carbocycles. The molecule has 0 atom stereocenters. The molecule has 18 rings (SSSR count). The van der Waals surface area contributed by atoms with Gasteiger partial charge in [0.15, 0.2) is 11.6 Å². The summed E-state index contributed by atoms with van der Waals surface area (Å²) in [6, 6.07) is 114. The van der Waals surface area contributed by atoms with E-state index in [0.717, 1.165) is 155 Å². The molecule has 6 heterocycles. The van der Waals surface area contributed by atoms with E-state index in [-0.39, 0.29) is 0 Å². The summed E-state index contributed by atoms with van der Waals surface area (Å²) in [5, 5.41) is 9.00. The lowest BCUT2D eigenvalue weighted by atomic mass is 10.0. The van der Waals surface area contributed by atoms with Crippen molar-refractivity contribution in [1.29, 1.82) is 0 Å². The van der Waals surface area contributed by atoms with E-state index in [2.05, 4.69) is 344 Å². The summed E-state index contributed by atoms with van der Waals surface area (Å²) in [5.74, 6) is 1.53. The van der Waals surface area contributed by atoms with Crippen LogP contribution in [0.25, 0.3) is 121 Å². The zero-order valence-corrected chi connectivity index (χ0v) is 48.8. The third kappa shape index (κ3) is 7.88. The predicted octanol–water partition coefficient (Wildman–Crippen LogP) is 21.5. The molecule has 0 saturated heterocycles. The first-order valence-electron chi connectivity index (χ1n) is 30.6. The summed E-state index contributed by atoms with van der Waals surface area (Å²) in [6.45, 7) is 0. The number of nitrogens with zero attached hydrogens (tertiary/aromatic N) is 8. The van der Waals surface area contributed by atoms with Crippen molar-refractivity contribution in [3.8, 4) is 34.1 Å². The maximum Gasteiger partial charge on any atom is 0.165 e. The first-order chi connectivity index (χ1) is 44.7. The minimum Gasteiger partial charge on any atom is -0.310 e. The second kappa shape index (κ2) is 20.7. The average molecular weight is 1150 g/mol. The molecule has 0 saturated carbocycles. The van der Waals surface area contributed by atoms with Crippen molar-refractivity contribution < 1.29 is 0 Å². The highest BCUT2D eigenvalue weighted by molar-refractivity contribution is 6.16. The summed E-state index contributed by atoms with van der Waals surface area (Å²) >= 11 is 0. The van der Waals surface area contributed by atoms with Crippen LogP contribution >= 0.6 is 0 Å². The van der Waals surface area contributed by atoms with Crippen molar-refractivity contribution in [1.82, 2.24) is 28.2 Å². The number of aromatic nitrogens is 6. The van der Waals surface area contributed by atoms with Crippen LogP contribution in [0.15, 0.2) is 328 Å². The van der Waals surface area contributed by atoms with Gasteiger partial charge in [-0.25, -0.2) is 4.98 Å². The topological polar surface area (TPSA) is 52.0 Å². The molecule has 0 unspecified atom stereocenters. The first kappa shape index (κ1) is 51.0. The third-order valence-electron chi connectivity index (χ3n) is 18.0. The van der Waals surface area contributed by atoms with Crippen LogP contribution in [0.2, 0.25) is 0 Å². The highest BCUT2D eigenvalue weighted by atomic mass is 15.2. The molecule has 0 amide bonds. The van der Waals surface area contributed by atoms with Gasteiger partial charge in [0.05, 0.1) is 44.1 Å². The van der Waals surface area contributed by atoms with Gasteiger partial charge in [-0.1, -0.05) is 182 Å². The summed E-state index contributed by atoms with van der Waals surface area (Å²) in [4.78, 5) is 16.0. The van der Waals surface area contributed by atoms with E-state index in [1.165, 1.54) is 0 Å². The minimum absolute atomic E-state index is 0.764. The molecule has 6 aromatic heterocycles. The molecule has 0 fully saturated rings. The van der Waals surface area contributed by atoms with Crippen molar-refractivity contribution >= 4 is 121 Å². The molecule has 422 valence electrons. The van der Waals surface area contributed by atoms with Gasteiger partial charge in [-0.05, 0) is 139 Å². The van der Waals surface area contributed by atoms with E-state index < -0.39 is 0 Å². The molecule has 0 radical (unpaired) electrons. The fraction of sp³-hybridized carbons (Fsp3) is 0. The predicted molar refractivity (Wildman–Crippen MR) is 374 cm³/mol. The molecular formula is C82H54N8. The largest absolute Gasteiger partial charge is 0.310 e. The Hall–Kier alpha value is -12.3. The number of hydrogen-bond donors (Lipinski definition) is 0. The number of anilines is 6. The lowest BCUT2D eigenvalue weighted by Gasteiger charge is -2.27. The normalized spacial score (nSPS) is 11.8. The van der Waals surface area contributed by atoms with E-state index in [1.807, 2.05) is 12.4 Å². The van der Waals surface area contributed by atoms with E-state index in [4.69, 9.17) is 9.97 Å². The number of para-hydroxylation sites is 10. The van der Waals surface area contributed by atoms with Gasteiger partial charge in [-0.3, -0.25) is 14.1 Å². The zero-order chi connectivity index (χ0) is 59.2. The number of rotatable bonds is 11. The van der Waals surface area contributed by atoms with Crippen LogP contribution in [-0.4, -0.2) is 28.2 Å². The van der Waals surface area contributed by atoms with Gasteiger partial charge < -0.3 is 18.9 Å². The van der Waals surface area contributed by atoms with E-state index in [9.17, 15) is 0 Å². The Balaban J connectivity index is 1.04. The zero-order valence-electron chi connectivity index (χ0n) is 48.8. The maximum absolute atomic E-state index is 6.51. The van der Waals surface area contributed by atoms with Crippen LogP contribution in [0.4, 0.5) is 34.1 Å². The van der Waals surface area contributed by atoms with Crippen LogP contribution in [0.3, 0.4) is 0 Å². The molecule has 12 aromatic carbocycles. The summed E-state index contributed by atoms with van der Waals surface area (Å²) < 4.78 is 9.86. The molecule has 0 bridgehead atoms. The molecule has 0 aliphatic rings. The van der Waals surface area contributed by atoms with Crippen LogP contribution in [0.1, 0.15) is 0 Å². The van der Waals surface area contributed by atoms with Crippen molar-refractivity contribution in [2.45, 2.75) is 0 Å². The Morgan fingerprint density at radius 3 is 0.822 bits per heavy atom. The highest BCUT2D eigenvalue weighted by Crippen LogP contribution is 2.50. The summed E-state index contributed by atoms with van der Waals surface area (Å²) in [6.07, 6.45) is 3.87. The first-order valence-corrected chi connectivity index (χ1v) is 30.6. The Morgan fingerprint density at radius 1 is 0.222 bits per heavy atom. The lowest BCUT2D eigenvalue weighted by Crippen LogP contribution is -2.16. The van der Waals surface area contributed by atoms with Gasteiger partial charge in [0.25, 0.3) is 0 Å². The van der Waals surface area contributed by atoms with Gasteiger partial charge in [0, 0.05) is 95.2 Å². The molecule has 8 heteroatoms. The van der Waals surface area contributed by atoms with Gasteiger partial charge in [0.2, 0.25) is 0 Å². The van der Waals surface area contributed by atoms with Crippen LogP contribution < -0.4 is 9.80 Å². The Labute approximate surface area is 518 Å². The fourth-order valence-electron chi connectivity index (χ4n) is 14.3. The number of benzene rings is 12. The van der Waals surface area contributed by atoms with E-state index in [0.29, 0.717) is 0 Å². The Kier molecular flexibility index (Phi) is 11.7. The summed E-state index contributed by atoms with van der Waals surface area (Å²) in [5.41, 5.74) is 18.5. The standard InChI is InChI=1S/C82H54N8/c1-5-25-56(26-6-1)85(57-27-7-2-8-28-57)60-45-47-76-68(53-60)66-37-17-21-41-72(66)88(76)80-78(55-49-51-83-52-50-55)79(87-70-39-19-13-33-62(70)63-34-14-20-40-71(63)87)82(84-81(80)89-73-42-22-15-35-64(73)65-36-16-23-43-74(65)89)90-75-44-24-18-38-67(75)69-54-61(46-48-77(69)90)86(58-29-9-3-10-30-58)59-31-11-4-12-32-59/h1-54H. The maximum atomic E-state index is 6.51. The molecule has 90 heavy (non-hydrogen) atoms. The fourth-order valence-corrected chi connectivity index (χ4v) is 14.3. The van der Waals surface area contributed by atoms with Gasteiger partial charge in [0.1, 0.15) is 11.4 Å². The van der Waals surface area contributed by atoms with Gasteiger partial charge in [-0.2, -0.15) is 0 Å². The van der Waals surface area contributed by atoms with E-state index in [1.54, 1.807) is 0 Å². The van der Waals surface area contributed by atoms with Crippen molar-refractivity contribution in [3.05, 3.63) is 328 Å². The van der Waals surface area contributed by atoms with E-state index >= 15 is 0 Å². The Morgan fingerprint density at radius 2 is 0.489 bits per heavy atom. The summed E-state index contributed by atoms with van der Waals surface area (Å²) in [7, 11) is 0. The van der Waals surface area contributed by atoms with Gasteiger partial charge in [-0.15, -0.1) is 0 Å². The number of fused-ring (bicyclic) bond motifs is 12. The average Bonchev–Trinajstić information content (AvgIpc) is 1.51. The molecule has 0 aliphatic heterocycles. The highest BCUT2D eigenvalue weighted by Gasteiger charge is 2.33. The quantitative estimate of drug-likeness (QED) is 0.130. The second-order valence-electron chi connectivity index (χ2n) is 22.9. The van der Waals surface area contributed by atoms with Crippen LogP contribution in [0.5, 0.6) is 0 Å². The SMILES string of the molecule is c1ccc(N(c2ccccc2)c2ccc3c(c2)c2ccccc2n3-c2nc(-n3c4ccccc4c4ccccc43)c(-n3c4ccccc4c4cc(N(c5ccccc5)c5ccccc5)ccc43)c(-c3ccncc3)c2-n2c3ccccc3c3ccccc32)cc1. The van der Waals surface area contributed by atoms with Gasteiger partial charge >= 0.3 is 0 Å².